The molecule has 0 N–H and O–H groups in total. The third-order valence-corrected chi connectivity index (χ3v) is 5.56. The second kappa shape index (κ2) is 9.27. The van der Waals surface area contributed by atoms with E-state index in [1.54, 1.807) is 30.3 Å². The predicted octanol–water partition coefficient (Wildman–Crippen LogP) is 2.59. The maximum Gasteiger partial charge on any atom is 0.296 e. The molecule has 0 saturated heterocycles. The standard InChI is InChI=1S/C23H20FN3O4S/c1-3-30-18-10-7-15(12-19(18)31-4-2)13-20-22(29)27-23(32-20)25-21(28)17(26-27)11-14-5-8-16(24)9-6-14/h5-10,12-13H,3-4,11H2,1-2H3/b20-13+. The fraction of sp³-hybridized carbons (Fsp3) is 0.217. The molecule has 0 fully saturated rings. The minimum atomic E-state index is -0.512. The minimum Gasteiger partial charge on any atom is -0.490 e. The Balaban J connectivity index is 1.74. The van der Waals surface area contributed by atoms with Crippen LogP contribution in [0.15, 0.2) is 52.1 Å². The van der Waals surface area contributed by atoms with E-state index in [9.17, 15) is 14.0 Å². The van der Waals surface area contributed by atoms with Gasteiger partial charge in [0.05, 0.1) is 17.7 Å². The molecule has 2 heterocycles. The molecule has 2 aromatic heterocycles. The van der Waals surface area contributed by atoms with Crippen molar-refractivity contribution in [1.82, 2.24) is 14.6 Å². The van der Waals surface area contributed by atoms with Crippen LogP contribution >= 0.6 is 11.3 Å². The van der Waals surface area contributed by atoms with Crippen molar-refractivity contribution in [3.8, 4) is 11.5 Å². The van der Waals surface area contributed by atoms with E-state index in [4.69, 9.17) is 9.47 Å². The Morgan fingerprint density at radius 3 is 2.47 bits per heavy atom. The zero-order valence-corrected chi connectivity index (χ0v) is 18.3. The Morgan fingerprint density at radius 2 is 1.75 bits per heavy atom. The molecule has 0 aliphatic carbocycles. The van der Waals surface area contributed by atoms with Crippen LogP contribution in [0.25, 0.3) is 11.0 Å². The summed E-state index contributed by atoms with van der Waals surface area (Å²) in [5.74, 6) is 0.849. The zero-order valence-electron chi connectivity index (χ0n) is 17.5. The lowest BCUT2D eigenvalue weighted by Gasteiger charge is -2.11. The van der Waals surface area contributed by atoms with Crippen molar-refractivity contribution in [2.75, 3.05) is 13.2 Å². The number of hydrogen-bond donors (Lipinski definition) is 0. The van der Waals surface area contributed by atoms with Crippen molar-refractivity contribution in [3.05, 3.63) is 90.3 Å². The second-order valence-electron chi connectivity index (χ2n) is 6.85. The number of rotatable bonds is 7. The van der Waals surface area contributed by atoms with Gasteiger partial charge in [-0.15, -0.1) is 0 Å². The molecule has 0 aliphatic rings. The van der Waals surface area contributed by atoms with Crippen molar-refractivity contribution in [1.29, 1.82) is 0 Å². The molecule has 2 aromatic carbocycles. The molecular formula is C23H20FN3O4S. The maximum atomic E-state index is 13.1. The Hall–Kier alpha value is -3.59. The monoisotopic (exact) mass is 453 g/mol. The van der Waals surface area contributed by atoms with E-state index in [2.05, 4.69) is 10.1 Å². The van der Waals surface area contributed by atoms with Gasteiger partial charge >= 0.3 is 0 Å². The molecule has 0 spiro atoms. The Bertz CT molecular complexity index is 1430. The molecule has 0 saturated carbocycles. The lowest BCUT2D eigenvalue weighted by atomic mass is 10.1. The molecule has 0 unspecified atom stereocenters. The van der Waals surface area contributed by atoms with Gasteiger partial charge in [0.1, 0.15) is 11.5 Å². The average Bonchev–Trinajstić information content (AvgIpc) is 3.06. The molecular weight excluding hydrogens is 433 g/mol. The summed E-state index contributed by atoms with van der Waals surface area (Å²) in [6, 6.07) is 11.2. The molecule has 0 atom stereocenters. The second-order valence-corrected chi connectivity index (χ2v) is 7.86. The predicted molar refractivity (Wildman–Crippen MR) is 120 cm³/mol. The van der Waals surface area contributed by atoms with E-state index in [-0.39, 0.29) is 28.5 Å². The van der Waals surface area contributed by atoms with Crippen LogP contribution in [0.5, 0.6) is 11.5 Å². The normalized spacial score (nSPS) is 11.8. The van der Waals surface area contributed by atoms with Crippen LogP contribution in [0.3, 0.4) is 0 Å². The van der Waals surface area contributed by atoms with Gasteiger partial charge in [-0.25, -0.2) is 4.39 Å². The molecule has 0 amide bonds. The van der Waals surface area contributed by atoms with Gasteiger partial charge in [-0.1, -0.05) is 29.5 Å². The molecule has 9 heteroatoms. The Kier molecular flexibility index (Phi) is 6.27. The van der Waals surface area contributed by atoms with E-state index < -0.39 is 5.56 Å². The van der Waals surface area contributed by atoms with Gasteiger partial charge in [0, 0.05) is 6.42 Å². The summed E-state index contributed by atoms with van der Waals surface area (Å²) in [5.41, 5.74) is 0.682. The number of halogens is 1. The van der Waals surface area contributed by atoms with Crippen LogP contribution < -0.4 is 25.1 Å². The number of aromatic nitrogens is 3. The summed E-state index contributed by atoms with van der Waals surface area (Å²) in [7, 11) is 0. The van der Waals surface area contributed by atoms with E-state index in [0.29, 0.717) is 34.8 Å². The van der Waals surface area contributed by atoms with Crippen molar-refractivity contribution < 1.29 is 13.9 Å². The smallest absolute Gasteiger partial charge is 0.296 e. The third-order valence-electron chi connectivity index (χ3n) is 4.60. The van der Waals surface area contributed by atoms with Crippen molar-refractivity contribution >= 4 is 22.4 Å². The fourth-order valence-electron chi connectivity index (χ4n) is 3.16. The molecule has 164 valence electrons. The number of ether oxygens (including phenoxy) is 2. The molecule has 4 aromatic rings. The van der Waals surface area contributed by atoms with Gasteiger partial charge in [-0.2, -0.15) is 14.6 Å². The van der Waals surface area contributed by atoms with E-state index in [1.165, 1.54) is 12.1 Å². The summed E-state index contributed by atoms with van der Waals surface area (Å²) in [5, 5.41) is 4.22. The molecule has 0 radical (unpaired) electrons. The number of thiazole rings is 1. The van der Waals surface area contributed by atoms with Gasteiger partial charge in [0.15, 0.2) is 11.5 Å². The van der Waals surface area contributed by atoms with Crippen molar-refractivity contribution in [3.63, 3.8) is 0 Å². The molecule has 0 aliphatic heterocycles. The van der Waals surface area contributed by atoms with Gasteiger partial charge in [-0.3, -0.25) is 9.59 Å². The summed E-state index contributed by atoms with van der Waals surface area (Å²) >= 11 is 1.08. The Labute approximate surface area is 186 Å². The topological polar surface area (TPSA) is 82.8 Å². The van der Waals surface area contributed by atoms with Crippen LogP contribution in [0.1, 0.15) is 30.7 Å². The highest BCUT2D eigenvalue weighted by Crippen LogP contribution is 2.28. The first-order valence-corrected chi connectivity index (χ1v) is 10.9. The van der Waals surface area contributed by atoms with E-state index in [1.807, 2.05) is 19.9 Å². The lowest BCUT2D eigenvalue weighted by Crippen LogP contribution is -2.28. The maximum absolute atomic E-state index is 13.1. The Morgan fingerprint density at radius 1 is 1.03 bits per heavy atom. The first kappa shape index (κ1) is 21.6. The van der Waals surface area contributed by atoms with Crippen molar-refractivity contribution in [2.45, 2.75) is 20.3 Å². The first-order chi connectivity index (χ1) is 15.5. The summed E-state index contributed by atoms with van der Waals surface area (Å²) < 4.78 is 25.9. The minimum absolute atomic E-state index is 0.121. The number of fused-ring (bicyclic) bond motifs is 1. The largest absolute Gasteiger partial charge is 0.490 e. The molecule has 4 rings (SSSR count). The molecule has 7 nitrogen and oxygen atoms in total. The summed E-state index contributed by atoms with van der Waals surface area (Å²) in [6.45, 7) is 4.76. The zero-order chi connectivity index (χ0) is 22.7. The summed E-state index contributed by atoms with van der Waals surface area (Å²) in [6.07, 6.45) is 1.85. The first-order valence-electron chi connectivity index (χ1n) is 10.1. The van der Waals surface area contributed by atoms with Crippen LogP contribution in [0, 0.1) is 5.82 Å². The van der Waals surface area contributed by atoms with Gasteiger partial charge in [-0.05, 0) is 55.3 Å². The summed E-state index contributed by atoms with van der Waals surface area (Å²) in [4.78, 5) is 29.5. The number of benzene rings is 2. The fourth-order valence-corrected chi connectivity index (χ4v) is 4.06. The van der Waals surface area contributed by atoms with Gasteiger partial charge in [0.25, 0.3) is 11.1 Å². The van der Waals surface area contributed by atoms with Crippen LogP contribution in [0.4, 0.5) is 4.39 Å². The third kappa shape index (κ3) is 4.52. The van der Waals surface area contributed by atoms with Gasteiger partial charge in [0.2, 0.25) is 4.96 Å². The van der Waals surface area contributed by atoms with E-state index in [0.717, 1.165) is 21.4 Å². The van der Waals surface area contributed by atoms with Crippen LogP contribution in [0.2, 0.25) is 0 Å². The average molecular weight is 453 g/mol. The van der Waals surface area contributed by atoms with Crippen molar-refractivity contribution in [2.24, 2.45) is 0 Å². The quantitative estimate of drug-likeness (QED) is 0.428. The highest BCUT2D eigenvalue weighted by molar-refractivity contribution is 7.15. The van der Waals surface area contributed by atoms with E-state index >= 15 is 0 Å². The highest BCUT2D eigenvalue weighted by Gasteiger charge is 2.12. The van der Waals surface area contributed by atoms with Gasteiger partial charge < -0.3 is 9.47 Å². The highest BCUT2D eigenvalue weighted by atomic mass is 32.1. The van der Waals surface area contributed by atoms with Crippen LogP contribution in [-0.2, 0) is 6.42 Å². The lowest BCUT2D eigenvalue weighted by molar-refractivity contribution is 0.287. The van der Waals surface area contributed by atoms with Crippen LogP contribution in [-0.4, -0.2) is 27.8 Å². The number of nitrogens with zero attached hydrogens (tertiary/aromatic N) is 3. The SMILES string of the molecule is CCOc1ccc(/C=c2/sc3nc(=O)c(Cc4ccc(F)cc4)nn3c2=O)cc1OCC. The molecule has 32 heavy (non-hydrogen) atoms. The number of hydrogen-bond acceptors (Lipinski definition) is 7. The molecule has 0 bridgehead atoms.